The summed E-state index contributed by atoms with van der Waals surface area (Å²) in [5, 5.41) is 3.13. The van der Waals surface area contributed by atoms with Crippen LogP contribution in [0.15, 0.2) is 0 Å². The number of nitrogens with two attached hydrogens (primary N) is 1. The quantitative estimate of drug-likeness (QED) is 0.763. The summed E-state index contributed by atoms with van der Waals surface area (Å²) in [6.07, 6.45) is 7.20. The van der Waals surface area contributed by atoms with E-state index in [0.717, 1.165) is 38.8 Å². The van der Waals surface area contributed by atoms with Gasteiger partial charge in [-0.2, -0.15) is 0 Å². The predicted octanol–water partition coefficient (Wildman–Crippen LogP) is 2.96. The van der Waals surface area contributed by atoms with Gasteiger partial charge < -0.3 is 16.0 Å². The highest BCUT2D eigenvalue weighted by atomic mass is 35.5. The number of hydrogen-bond donors (Lipinski definition) is 2. The molecular weight excluding hydrogens is 362 g/mol. The van der Waals surface area contributed by atoms with Crippen molar-refractivity contribution in [2.24, 2.45) is 35.3 Å². The number of amides is 2. The normalized spacial score (nSPS) is 32.6. The Balaban J connectivity index is 0.00000261. The summed E-state index contributed by atoms with van der Waals surface area (Å²) < 4.78 is 0. The summed E-state index contributed by atoms with van der Waals surface area (Å²) in [5.41, 5.74) is 6.37. The van der Waals surface area contributed by atoms with Crippen LogP contribution in [0.1, 0.15) is 65.7 Å². The molecule has 2 saturated carbocycles. The molecule has 1 heterocycles. The lowest BCUT2D eigenvalue weighted by Gasteiger charge is -2.45. The fraction of sp³-hybridized carbons (Fsp3) is 0.905. The largest absolute Gasteiger partial charge is 0.353 e. The van der Waals surface area contributed by atoms with Crippen LogP contribution >= 0.6 is 12.4 Å². The molecule has 2 bridgehead atoms. The molecule has 3 N–H and O–H groups in total. The number of halogens is 1. The third-order valence-corrected chi connectivity index (χ3v) is 7.31. The second-order valence-electron chi connectivity index (χ2n) is 9.34. The van der Waals surface area contributed by atoms with Gasteiger partial charge in [0.05, 0.1) is 0 Å². The number of rotatable bonds is 4. The summed E-state index contributed by atoms with van der Waals surface area (Å²) in [7, 11) is 0. The number of carbonyl (C=O) groups excluding carboxylic acids is 2. The van der Waals surface area contributed by atoms with Crippen LogP contribution in [0.3, 0.4) is 0 Å². The number of fused-ring (bicyclic) bond motifs is 2. The van der Waals surface area contributed by atoms with Crippen LogP contribution in [0.4, 0.5) is 0 Å². The second kappa shape index (κ2) is 9.60. The van der Waals surface area contributed by atoms with Crippen molar-refractivity contribution in [3.8, 4) is 0 Å². The average Bonchev–Trinajstić information content (AvgIpc) is 2.61. The topological polar surface area (TPSA) is 75.4 Å². The summed E-state index contributed by atoms with van der Waals surface area (Å²) in [4.78, 5) is 27.5. The summed E-state index contributed by atoms with van der Waals surface area (Å²) in [6, 6.07) is 0.512. The average molecular weight is 400 g/mol. The van der Waals surface area contributed by atoms with Crippen LogP contribution in [-0.2, 0) is 9.59 Å². The molecule has 1 saturated heterocycles. The Morgan fingerprint density at radius 2 is 1.52 bits per heavy atom. The lowest BCUT2D eigenvalue weighted by molar-refractivity contribution is -0.142. The van der Waals surface area contributed by atoms with Crippen molar-refractivity contribution in [3.05, 3.63) is 0 Å². The van der Waals surface area contributed by atoms with Crippen molar-refractivity contribution in [1.29, 1.82) is 0 Å². The summed E-state index contributed by atoms with van der Waals surface area (Å²) in [5.74, 6) is 2.22. The second-order valence-corrected chi connectivity index (χ2v) is 9.34. The van der Waals surface area contributed by atoms with Gasteiger partial charge in [0.15, 0.2) is 0 Å². The zero-order valence-electron chi connectivity index (χ0n) is 17.2. The van der Waals surface area contributed by atoms with Gasteiger partial charge in [0, 0.05) is 37.0 Å². The lowest BCUT2D eigenvalue weighted by atomic mass is 9.65. The Kier molecular flexibility index (Phi) is 7.99. The number of nitrogens with zero attached hydrogens (tertiary/aromatic N) is 1. The molecular formula is C21H38ClN3O2. The maximum atomic E-state index is 13.0. The van der Waals surface area contributed by atoms with Gasteiger partial charge in [-0.05, 0) is 63.2 Å². The number of piperidine rings is 1. The standard InChI is InChI=1S/C21H37N3O2.ClH/c1-13(2)14(3)23-20(25)15-7-9-24(10-8-15)21(26)18-11-16-5-4-6-17(12-18)19(16)22;/h13-19H,4-12,22H2,1-3H3,(H,23,25);1H. The van der Waals surface area contributed by atoms with Crippen LogP contribution in [0, 0.1) is 29.6 Å². The van der Waals surface area contributed by atoms with Gasteiger partial charge in [-0.1, -0.05) is 20.3 Å². The van der Waals surface area contributed by atoms with E-state index in [9.17, 15) is 9.59 Å². The molecule has 3 atom stereocenters. The van der Waals surface area contributed by atoms with Crippen molar-refractivity contribution in [3.63, 3.8) is 0 Å². The molecule has 3 rings (SSSR count). The zero-order chi connectivity index (χ0) is 18.8. The predicted molar refractivity (Wildman–Crippen MR) is 111 cm³/mol. The molecule has 5 nitrogen and oxygen atoms in total. The van der Waals surface area contributed by atoms with Crippen molar-refractivity contribution in [2.75, 3.05) is 13.1 Å². The molecule has 1 aliphatic heterocycles. The van der Waals surface area contributed by atoms with Gasteiger partial charge in [-0.15, -0.1) is 12.4 Å². The van der Waals surface area contributed by atoms with Gasteiger partial charge in [0.1, 0.15) is 0 Å². The maximum absolute atomic E-state index is 13.0. The minimum Gasteiger partial charge on any atom is -0.353 e. The van der Waals surface area contributed by atoms with Crippen molar-refractivity contribution in [1.82, 2.24) is 10.2 Å². The Hall–Kier alpha value is -0.810. The fourth-order valence-electron chi connectivity index (χ4n) is 5.12. The summed E-state index contributed by atoms with van der Waals surface area (Å²) >= 11 is 0. The molecule has 3 aliphatic rings. The monoisotopic (exact) mass is 399 g/mol. The van der Waals surface area contributed by atoms with E-state index in [1.54, 1.807) is 0 Å². The highest BCUT2D eigenvalue weighted by molar-refractivity contribution is 5.85. The van der Waals surface area contributed by atoms with E-state index in [1.807, 2.05) is 4.90 Å². The molecule has 0 spiro atoms. The first-order valence-electron chi connectivity index (χ1n) is 10.7. The highest BCUT2D eigenvalue weighted by Gasteiger charge is 2.42. The minimum atomic E-state index is 0. The Morgan fingerprint density at radius 3 is 2.04 bits per heavy atom. The Labute approximate surface area is 170 Å². The van der Waals surface area contributed by atoms with Gasteiger partial charge in [0.25, 0.3) is 0 Å². The van der Waals surface area contributed by atoms with Crippen molar-refractivity contribution in [2.45, 2.75) is 77.8 Å². The molecule has 0 aromatic rings. The molecule has 156 valence electrons. The third kappa shape index (κ3) is 5.17. The van der Waals surface area contributed by atoms with E-state index in [-0.39, 0.29) is 36.2 Å². The van der Waals surface area contributed by atoms with E-state index in [0.29, 0.717) is 29.7 Å². The van der Waals surface area contributed by atoms with Crippen LogP contribution in [0.5, 0.6) is 0 Å². The number of likely N-dealkylation sites (tertiary alicyclic amines) is 1. The first kappa shape index (κ1) is 22.5. The minimum absolute atomic E-state index is 0. The van der Waals surface area contributed by atoms with Gasteiger partial charge in [-0.25, -0.2) is 0 Å². The van der Waals surface area contributed by atoms with Gasteiger partial charge >= 0.3 is 0 Å². The highest BCUT2D eigenvalue weighted by Crippen LogP contribution is 2.42. The molecule has 6 heteroatoms. The van der Waals surface area contributed by atoms with E-state index in [1.165, 1.54) is 19.3 Å². The maximum Gasteiger partial charge on any atom is 0.225 e. The van der Waals surface area contributed by atoms with Gasteiger partial charge in [-0.3, -0.25) is 9.59 Å². The molecule has 3 unspecified atom stereocenters. The zero-order valence-corrected chi connectivity index (χ0v) is 18.0. The molecule has 3 fully saturated rings. The number of hydrogen-bond acceptors (Lipinski definition) is 3. The summed E-state index contributed by atoms with van der Waals surface area (Å²) in [6.45, 7) is 7.76. The molecule has 0 aromatic carbocycles. The van der Waals surface area contributed by atoms with Crippen molar-refractivity contribution >= 4 is 24.2 Å². The van der Waals surface area contributed by atoms with Crippen LogP contribution < -0.4 is 11.1 Å². The van der Waals surface area contributed by atoms with Crippen LogP contribution in [0.2, 0.25) is 0 Å². The van der Waals surface area contributed by atoms with Crippen molar-refractivity contribution < 1.29 is 9.59 Å². The Morgan fingerprint density at radius 1 is 0.963 bits per heavy atom. The first-order chi connectivity index (χ1) is 12.4. The van der Waals surface area contributed by atoms with E-state index >= 15 is 0 Å². The van der Waals surface area contributed by atoms with Crippen LogP contribution in [0.25, 0.3) is 0 Å². The first-order valence-corrected chi connectivity index (χ1v) is 10.7. The number of nitrogens with one attached hydrogen (secondary N) is 1. The third-order valence-electron chi connectivity index (χ3n) is 7.31. The fourth-order valence-corrected chi connectivity index (χ4v) is 5.12. The van der Waals surface area contributed by atoms with Gasteiger partial charge in [0.2, 0.25) is 11.8 Å². The molecule has 0 radical (unpaired) electrons. The smallest absolute Gasteiger partial charge is 0.225 e. The van der Waals surface area contributed by atoms with Crippen LogP contribution in [-0.4, -0.2) is 41.9 Å². The SMILES string of the molecule is CC(C)C(C)NC(=O)C1CCN(C(=O)C2CC3CCCC(C2)C3N)CC1.Cl. The van der Waals surface area contributed by atoms with E-state index in [2.05, 4.69) is 26.1 Å². The molecule has 0 aromatic heterocycles. The van der Waals surface area contributed by atoms with E-state index < -0.39 is 0 Å². The van der Waals surface area contributed by atoms with E-state index in [4.69, 9.17) is 5.73 Å². The molecule has 27 heavy (non-hydrogen) atoms. The molecule has 2 amide bonds. The molecule has 2 aliphatic carbocycles. The number of carbonyl (C=O) groups is 2. The Bertz CT molecular complexity index is 506. The lowest BCUT2D eigenvalue weighted by Crippen LogP contribution is -2.51.